The number of alkyl halides is 3. The van der Waals surface area contributed by atoms with Gasteiger partial charge in [-0.2, -0.15) is 23.5 Å². The Morgan fingerprint density at radius 3 is 2.47 bits per heavy atom. The van der Waals surface area contributed by atoms with Gasteiger partial charge in [-0.15, -0.1) is 0 Å². The summed E-state index contributed by atoms with van der Waals surface area (Å²) < 4.78 is 56.6. The second-order valence-electron chi connectivity index (χ2n) is 7.78. The summed E-state index contributed by atoms with van der Waals surface area (Å²) in [5, 5.41) is 14.5. The number of hydrogen-bond acceptors (Lipinski definition) is 5. The van der Waals surface area contributed by atoms with Gasteiger partial charge < -0.3 is 11.1 Å². The van der Waals surface area contributed by atoms with Gasteiger partial charge >= 0.3 is 6.18 Å². The number of fused-ring (bicyclic) bond motifs is 1. The lowest BCUT2D eigenvalue weighted by atomic mass is 10.1. The topological polar surface area (TPSA) is 127 Å². The minimum Gasteiger partial charge on any atom is -0.366 e. The van der Waals surface area contributed by atoms with Crippen molar-refractivity contribution < 1.29 is 27.2 Å². The molecule has 0 saturated carbocycles. The zero-order chi connectivity index (χ0) is 26.2. The number of nitrogens with zero attached hydrogens (tertiary/aromatic N) is 4. The Balaban J connectivity index is 1.74. The number of amides is 2. The molecule has 0 aliphatic rings. The monoisotopic (exact) mass is 496 g/mol. The highest BCUT2D eigenvalue weighted by Gasteiger charge is 2.39. The van der Waals surface area contributed by atoms with E-state index in [2.05, 4.69) is 15.4 Å². The Morgan fingerprint density at radius 2 is 1.86 bits per heavy atom. The number of hydrogen-bond donors (Lipinski definition) is 2. The minimum atomic E-state index is -4.90. The summed E-state index contributed by atoms with van der Waals surface area (Å²) in [6.45, 7) is 1.29. The van der Waals surface area contributed by atoms with E-state index >= 15 is 0 Å². The second kappa shape index (κ2) is 9.10. The standard InChI is InChI=1S/C24H16F4N6O2/c1-12-20(21(24(26,27)28)33-34(12)11-14-7-5-13(10-29)6-8-14)32-23(36)18-9-15(22(30)35)19-16(25)3-2-4-17(19)31-18/h2-9H,11H2,1H3,(H2,30,35)(H,32,36). The molecule has 36 heavy (non-hydrogen) atoms. The summed E-state index contributed by atoms with van der Waals surface area (Å²) in [6.07, 6.45) is -4.90. The van der Waals surface area contributed by atoms with Crippen LogP contribution in [0.25, 0.3) is 10.9 Å². The van der Waals surface area contributed by atoms with E-state index in [1.165, 1.54) is 31.2 Å². The van der Waals surface area contributed by atoms with Crippen LogP contribution >= 0.6 is 0 Å². The number of nitriles is 1. The molecule has 0 radical (unpaired) electrons. The first-order valence-corrected chi connectivity index (χ1v) is 10.3. The number of aromatic nitrogens is 3. The summed E-state index contributed by atoms with van der Waals surface area (Å²) in [4.78, 5) is 28.8. The number of nitrogens with one attached hydrogen (secondary N) is 1. The molecule has 3 N–H and O–H groups in total. The molecule has 2 aromatic carbocycles. The molecule has 0 aliphatic heterocycles. The van der Waals surface area contributed by atoms with Gasteiger partial charge in [0.1, 0.15) is 11.5 Å². The first-order valence-electron chi connectivity index (χ1n) is 10.3. The number of halogens is 4. The highest BCUT2D eigenvalue weighted by atomic mass is 19.4. The number of carbonyl (C=O) groups is 2. The van der Waals surface area contributed by atoms with Crippen molar-refractivity contribution in [2.24, 2.45) is 5.73 Å². The van der Waals surface area contributed by atoms with Crippen LogP contribution in [0, 0.1) is 24.1 Å². The van der Waals surface area contributed by atoms with E-state index in [9.17, 15) is 27.2 Å². The molecule has 0 bridgehead atoms. The number of primary amides is 1. The number of anilines is 1. The van der Waals surface area contributed by atoms with Crippen LogP contribution in [0.4, 0.5) is 23.2 Å². The molecular weight excluding hydrogens is 480 g/mol. The van der Waals surface area contributed by atoms with Crippen LogP contribution in [0.1, 0.15) is 43.4 Å². The third kappa shape index (κ3) is 4.58. The number of rotatable bonds is 5. The van der Waals surface area contributed by atoms with Crippen molar-refractivity contribution in [3.05, 3.63) is 88.1 Å². The molecule has 4 aromatic rings. The zero-order valence-corrected chi connectivity index (χ0v) is 18.5. The van der Waals surface area contributed by atoms with Crippen LogP contribution in [0.5, 0.6) is 0 Å². The fourth-order valence-electron chi connectivity index (χ4n) is 3.64. The SMILES string of the molecule is Cc1c(NC(=O)c2cc(C(N)=O)c3c(F)cccc3n2)c(C(F)(F)F)nn1Cc1ccc(C#N)cc1. The van der Waals surface area contributed by atoms with Crippen LogP contribution in [0.3, 0.4) is 0 Å². The van der Waals surface area contributed by atoms with E-state index < -0.39 is 40.9 Å². The lowest BCUT2D eigenvalue weighted by Crippen LogP contribution is -2.20. The van der Waals surface area contributed by atoms with Gasteiger partial charge in [-0.25, -0.2) is 9.37 Å². The molecule has 4 rings (SSSR count). The largest absolute Gasteiger partial charge is 0.437 e. The summed E-state index contributed by atoms with van der Waals surface area (Å²) in [5.74, 6) is -2.90. The van der Waals surface area contributed by atoms with Crippen molar-refractivity contribution in [3.8, 4) is 6.07 Å². The van der Waals surface area contributed by atoms with E-state index in [4.69, 9.17) is 11.0 Å². The van der Waals surface area contributed by atoms with E-state index in [1.807, 2.05) is 6.07 Å². The van der Waals surface area contributed by atoms with Crippen LogP contribution in [-0.2, 0) is 12.7 Å². The van der Waals surface area contributed by atoms with Gasteiger partial charge in [0.15, 0.2) is 5.69 Å². The van der Waals surface area contributed by atoms with Crippen molar-refractivity contribution in [3.63, 3.8) is 0 Å². The second-order valence-corrected chi connectivity index (χ2v) is 7.78. The lowest BCUT2D eigenvalue weighted by Gasteiger charge is -2.11. The minimum absolute atomic E-state index is 0.00185. The van der Waals surface area contributed by atoms with Gasteiger partial charge in [0, 0.05) is 5.39 Å². The Bertz CT molecular complexity index is 1550. The molecule has 0 aliphatic carbocycles. The molecule has 0 unspecified atom stereocenters. The maximum atomic E-state index is 14.2. The number of benzene rings is 2. The molecule has 0 spiro atoms. The first kappa shape index (κ1) is 24.3. The van der Waals surface area contributed by atoms with E-state index in [-0.39, 0.29) is 28.7 Å². The van der Waals surface area contributed by atoms with Crippen LogP contribution in [0.2, 0.25) is 0 Å². The van der Waals surface area contributed by atoms with Gasteiger partial charge in [0.25, 0.3) is 5.91 Å². The van der Waals surface area contributed by atoms with Gasteiger partial charge in [0.2, 0.25) is 5.91 Å². The van der Waals surface area contributed by atoms with Gasteiger partial charge in [0.05, 0.1) is 40.6 Å². The Morgan fingerprint density at radius 1 is 1.17 bits per heavy atom. The van der Waals surface area contributed by atoms with Crippen LogP contribution < -0.4 is 11.1 Å². The molecule has 0 saturated heterocycles. The summed E-state index contributed by atoms with van der Waals surface area (Å²) in [7, 11) is 0. The van der Waals surface area contributed by atoms with Crippen molar-refractivity contribution in [2.45, 2.75) is 19.6 Å². The van der Waals surface area contributed by atoms with E-state index in [0.717, 1.165) is 16.8 Å². The first-order chi connectivity index (χ1) is 17.0. The molecule has 2 amide bonds. The van der Waals surface area contributed by atoms with Crippen molar-refractivity contribution >= 4 is 28.4 Å². The highest BCUT2D eigenvalue weighted by molar-refractivity contribution is 6.10. The fourth-order valence-corrected chi connectivity index (χ4v) is 3.64. The Kier molecular flexibility index (Phi) is 6.15. The van der Waals surface area contributed by atoms with Gasteiger partial charge in [-0.3, -0.25) is 14.3 Å². The van der Waals surface area contributed by atoms with E-state index in [0.29, 0.717) is 11.1 Å². The van der Waals surface area contributed by atoms with Gasteiger partial charge in [-0.05, 0) is 42.8 Å². The van der Waals surface area contributed by atoms with Crippen LogP contribution in [0.15, 0.2) is 48.5 Å². The maximum Gasteiger partial charge on any atom is 0.437 e. The zero-order valence-electron chi connectivity index (χ0n) is 18.5. The summed E-state index contributed by atoms with van der Waals surface area (Å²) in [6, 6.07) is 12.8. The molecule has 2 aromatic heterocycles. The fraction of sp³-hybridized carbons (Fsp3) is 0.125. The molecule has 0 atom stereocenters. The normalized spacial score (nSPS) is 11.3. The third-order valence-electron chi connectivity index (χ3n) is 5.41. The predicted molar refractivity (Wildman–Crippen MR) is 120 cm³/mol. The third-order valence-corrected chi connectivity index (χ3v) is 5.41. The summed E-state index contributed by atoms with van der Waals surface area (Å²) in [5.41, 5.74) is 3.52. The molecule has 8 nitrogen and oxygen atoms in total. The number of carbonyl (C=O) groups excluding carboxylic acids is 2. The van der Waals surface area contributed by atoms with Crippen LogP contribution in [-0.4, -0.2) is 26.6 Å². The average molecular weight is 496 g/mol. The maximum absolute atomic E-state index is 14.2. The number of nitrogens with two attached hydrogens (primary N) is 1. The molecular formula is C24H16F4N6O2. The number of pyridine rings is 1. The molecule has 2 heterocycles. The van der Waals surface area contributed by atoms with Crippen molar-refractivity contribution in [1.82, 2.24) is 14.8 Å². The average Bonchev–Trinajstić information content (AvgIpc) is 3.14. The Hall–Kier alpha value is -4.79. The molecule has 12 heteroatoms. The summed E-state index contributed by atoms with van der Waals surface area (Å²) >= 11 is 0. The smallest absolute Gasteiger partial charge is 0.366 e. The predicted octanol–water partition coefficient (Wildman–Crippen LogP) is 4.17. The quantitative estimate of drug-likeness (QED) is 0.401. The van der Waals surface area contributed by atoms with Crippen molar-refractivity contribution in [2.75, 3.05) is 5.32 Å². The van der Waals surface area contributed by atoms with E-state index in [1.54, 1.807) is 12.1 Å². The lowest BCUT2D eigenvalue weighted by molar-refractivity contribution is -0.140. The highest BCUT2D eigenvalue weighted by Crippen LogP contribution is 2.36. The van der Waals surface area contributed by atoms with Gasteiger partial charge in [-0.1, -0.05) is 18.2 Å². The van der Waals surface area contributed by atoms with Crippen molar-refractivity contribution in [1.29, 1.82) is 5.26 Å². The molecule has 0 fully saturated rings. The molecule has 182 valence electrons. The Labute approximate surface area is 201 Å².